The quantitative estimate of drug-likeness (QED) is 0.484. The van der Waals surface area contributed by atoms with E-state index in [1.807, 2.05) is 0 Å². The Morgan fingerprint density at radius 2 is 2.39 bits per heavy atom. The molecule has 1 heterocycles. The van der Waals surface area contributed by atoms with Crippen molar-refractivity contribution >= 4 is 11.4 Å². The molecule has 1 aromatic rings. The fourth-order valence-corrected chi connectivity index (χ4v) is 2.41. The lowest BCUT2D eigenvalue weighted by molar-refractivity contribution is -0.384. The fourth-order valence-electron chi connectivity index (χ4n) is 2.41. The van der Waals surface area contributed by atoms with Gasteiger partial charge in [-0.05, 0) is 37.9 Å². The van der Waals surface area contributed by atoms with E-state index < -0.39 is 0 Å². The van der Waals surface area contributed by atoms with Crippen LogP contribution in [0.4, 0.5) is 11.4 Å². The summed E-state index contributed by atoms with van der Waals surface area (Å²) in [5.41, 5.74) is 4.33. The minimum absolute atomic E-state index is 0.107. The van der Waals surface area contributed by atoms with Crippen LogP contribution in [0.15, 0.2) is 18.2 Å². The van der Waals surface area contributed by atoms with E-state index in [2.05, 4.69) is 17.2 Å². The number of nitrogens with two attached hydrogens (primary N) is 1. The summed E-state index contributed by atoms with van der Waals surface area (Å²) in [6.07, 6.45) is 2.36. The van der Waals surface area contributed by atoms with Gasteiger partial charge in [0.15, 0.2) is 0 Å². The molecule has 1 unspecified atom stereocenters. The smallest absolute Gasteiger partial charge is 0.269 e. The highest BCUT2D eigenvalue weighted by atomic mass is 16.6. The van der Waals surface area contributed by atoms with Gasteiger partial charge < -0.3 is 5.43 Å². The summed E-state index contributed by atoms with van der Waals surface area (Å²) in [7, 11) is 0. The Hall–Kier alpha value is -1.66. The zero-order valence-electron chi connectivity index (χ0n) is 10.4. The Morgan fingerprint density at radius 3 is 2.94 bits per heavy atom. The van der Waals surface area contributed by atoms with Gasteiger partial charge in [-0.15, -0.1) is 0 Å². The normalized spacial score (nSPS) is 20.0. The molecule has 0 bridgehead atoms. The van der Waals surface area contributed by atoms with Crippen LogP contribution in [-0.4, -0.2) is 22.4 Å². The SMILES string of the molecule is CC1CCCN1Cc1cc([N+](=O)[O-])ccc1NN. The summed E-state index contributed by atoms with van der Waals surface area (Å²) in [5, 5.41) is 10.8. The van der Waals surface area contributed by atoms with Crippen LogP contribution in [0.1, 0.15) is 25.3 Å². The van der Waals surface area contributed by atoms with Gasteiger partial charge in [0.1, 0.15) is 0 Å². The lowest BCUT2D eigenvalue weighted by Gasteiger charge is -2.22. The predicted octanol–water partition coefficient (Wildman–Crippen LogP) is 1.86. The van der Waals surface area contributed by atoms with Crippen LogP contribution < -0.4 is 11.3 Å². The van der Waals surface area contributed by atoms with Gasteiger partial charge in [0.05, 0.1) is 10.6 Å². The van der Waals surface area contributed by atoms with Crippen molar-refractivity contribution in [1.82, 2.24) is 4.90 Å². The maximum absolute atomic E-state index is 10.8. The number of benzene rings is 1. The number of rotatable bonds is 4. The van der Waals surface area contributed by atoms with Crippen molar-refractivity contribution in [2.75, 3.05) is 12.0 Å². The molecule has 0 aromatic heterocycles. The highest BCUT2D eigenvalue weighted by Gasteiger charge is 2.22. The molecule has 0 spiro atoms. The van der Waals surface area contributed by atoms with E-state index >= 15 is 0 Å². The molecule has 1 aliphatic rings. The van der Waals surface area contributed by atoms with Gasteiger partial charge in [-0.3, -0.25) is 20.9 Å². The summed E-state index contributed by atoms with van der Waals surface area (Å²) in [6.45, 7) is 3.91. The number of hydrogen-bond donors (Lipinski definition) is 2. The number of anilines is 1. The lowest BCUT2D eigenvalue weighted by atomic mass is 10.1. The Morgan fingerprint density at radius 1 is 1.61 bits per heavy atom. The first kappa shape index (κ1) is 12.8. The van der Waals surface area contributed by atoms with Crippen LogP contribution >= 0.6 is 0 Å². The highest BCUT2D eigenvalue weighted by Crippen LogP contribution is 2.26. The minimum Gasteiger partial charge on any atom is -0.324 e. The predicted molar refractivity (Wildman–Crippen MR) is 70.0 cm³/mol. The average molecular weight is 250 g/mol. The van der Waals surface area contributed by atoms with E-state index in [-0.39, 0.29) is 10.6 Å². The Bertz CT molecular complexity index is 450. The van der Waals surface area contributed by atoms with Gasteiger partial charge in [-0.2, -0.15) is 0 Å². The molecule has 98 valence electrons. The largest absolute Gasteiger partial charge is 0.324 e. The molecule has 1 saturated heterocycles. The highest BCUT2D eigenvalue weighted by molar-refractivity contribution is 5.55. The first-order valence-corrected chi connectivity index (χ1v) is 6.10. The molecule has 2 rings (SSSR count). The van der Waals surface area contributed by atoms with Crippen molar-refractivity contribution in [1.29, 1.82) is 0 Å². The number of non-ortho nitro benzene ring substituents is 1. The number of hydrazine groups is 1. The molecule has 0 amide bonds. The number of nitro benzene ring substituents is 1. The number of hydrogen-bond acceptors (Lipinski definition) is 5. The summed E-state index contributed by atoms with van der Waals surface area (Å²) in [4.78, 5) is 12.7. The Balaban J connectivity index is 2.23. The van der Waals surface area contributed by atoms with Crippen LogP contribution in [0.3, 0.4) is 0 Å². The van der Waals surface area contributed by atoms with Gasteiger partial charge in [0.25, 0.3) is 5.69 Å². The standard InChI is InChI=1S/C12H18N4O2/c1-9-3-2-6-15(9)8-10-7-11(16(17)18)4-5-12(10)14-13/h4-5,7,9,14H,2-3,6,8,13H2,1H3. The van der Waals surface area contributed by atoms with Crippen molar-refractivity contribution in [3.8, 4) is 0 Å². The molecule has 3 N–H and O–H groups in total. The van der Waals surface area contributed by atoms with Crippen LogP contribution in [0.5, 0.6) is 0 Å². The third kappa shape index (κ3) is 2.60. The summed E-state index contributed by atoms with van der Waals surface area (Å²) >= 11 is 0. The monoisotopic (exact) mass is 250 g/mol. The van der Waals surface area contributed by atoms with E-state index in [0.29, 0.717) is 12.6 Å². The summed E-state index contributed by atoms with van der Waals surface area (Å²) in [5.74, 6) is 5.45. The van der Waals surface area contributed by atoms with Gasteiger partial charge in [0, 0.05) is 24.7 Å². The minimum atomic E-state index is -0.378. The second-order valence-corrected chi connectivity index (χ2v) is 4.70. The lowest BCUT2D eigenvalue weighted by Crippen LogP contribution is -2.27. The summed E-state index contributed by atoms with van der Waals surface area (Å²) in [6, 6.07) is 5.25. The molecule has 0 radical (unpaired) electrons. The second kappa shape index (κ2) is 5.32. The fraction of sp³-hybridized carbons (Fsp3) is 0.500. The van der Waals surface area contributed by atoms with Crippen LogP contribution in [-0.2, 0) is 6.54 Å². The molecule has 6 nitrogen and oxygen atoms in total. The van der Waals surface area contributed by atoms with Gasteiger partial charge in [-0.25, -0.2) is 0 Å². The zero-order chi connectivity index (χ0) is 13.1. The van der Waals surface area contributed by atoms with Crippen LogP contribution in [0.2, 0.25) is 0 Å². The van der Waals surface area contributed by atoms with Crippen LogP contribution in [0, 0.1) is 10.1 Å². The molecule has 1 aromatic carbocycles. The topological polar surface area (TPSA) is 84.4 Å². The van der Waals surface area contributed by atoms with Crippen molar-refractivity contribution in [3.63, 3.8) is 0 Å². The van der Waals surface area contributed by atoms with Crippen molar-refractivity contribution < 1.29 is 4.92 Å². The number of nitro groups is 1. The van der Waals surface area contributed by atoms with E-state index in [1.54, 1.807) is 12.1 Å². The van der Waals surface area contributed by atoms with Crippen molar-refractivity contribution in [2.24, 2.45) is 5.84 Å². The van der Waals surface area contributed by atoms with Gasteiger partial charge >= 0.3 is 0 Å². The third-order valence-electron chi connectivity index (χ3n) is 3.52. The van der Waals surface area contributed by atoms with Crippen LogP contribution in [0.25, 0.3) is 0 Å². The van der Waals surface area contributed by atoms with Gasteiger partial charge in [0.2, 0.25) is 0 Å². The summed E-state index contributed by atoms with van der Waals surface area (Å²) < 4.78 is 0. The molecule has 1 atom stereocenters. The van der Waals surface area contributed by atoms with Crippen molar-refractivity contribution in [3.05, 3.63) is 33.9 Å². The molecule has 6 heteroatoms. The van der Waals surface area contributed by atoms with E-state index in [1.165, 1.54) is 18.9 Å². The first-order chi connectivity index (χ1) is 8.61. The molecule has 1 fully saturated rings. The number of nitrogens with zero attached hydrogens (tertiary/aromatic N) is 2. The zero-order valence-corrected chi connectivity index (χ0v) is 10.4. The Labute approximate surface area is 106 Å². The first-order valence-electron chi connectivity index (χ1n) is 6.10. The molecule has 0 saturated carbocycles. The van der Waals surface area contributed by atoms with E-state index in [4.69, 9.17) is 5.84 Å². The van der Waals surface area contributed by atoms with Gasteiger partial charge in [-0.1, -0.05) is 0 Å². The number of nitrogens with one attached hydrogen (secondary N) is 1. The average Bonchev–Trinajstić information content (AvgIpc) is 2.75. The number of likely N-dealkylation sites (tertiary alicyclic amines) is 1. The van der Waals surface area contributed by atoms with E-state index in [9.17, 15) is 10.1 Å². The number of nitrogen functional groups attached to an aromatic ring is 1. The van der Waals surface area contributed by atoms with Crippen molar-refractivity contribution in [2.45, 2.75) is 32.4 Å². The van der Waals surface area contributed by atoms with E-state index in [0.717, 1.165) is 17.8 Å². The second-order valence-electron chi connectivity index (χ2n) is 4.70. The molecule has 0 aliphatic carbocycles. The maximum atomic E-state index is 10.8. The Kier molecular flexibility index (Phi) is 3.78. The molecular weight excluding hydrogens is 232 g/mol. The molecule has 1 aliphatic heterocycles. The third-order valence-corrected chi connectivity index (χ3v) is 3.52. The molecule has 18 heavy (non-hydrogen) atoms. The molecular formula is C12H18N4O2. The maximum Gasteiger partial charge on any atom is 0.269 e.